The highest BCUT2D eigenvalue weighted by Gasteiger charge is 2.31. The molecule has 0 fully saturated rings. The van der Waals surface area contributed by atoms with Crippen molar-refractivity contribution in [2.45, 2.75) is 40.5 Å². The standard InChI is InChI=1S/C12H20O2/c1-9-5-6-11(8-14-10(2)13)12(3,4)7-9/h7,11H,5-6,8H2,1-4H3/t11-/m1/s1. The molecule has 0 unspecified atom stereocenters. The number of carbonyl (C=O) groups is 1. The minimum atomic E-state index is -0.174. The van der Waals surface area contributed by atoms with Gasteiger partial charge in [-0.2, -0.15) is 0 Å². The van der Waals surface area contributed by atoms with Crippen LogP contribution >= 0.6 is 0 Å². The number of ether oxygens (including phenoxy) is 1. The summed E-state index contributed by atoms with van der Waals surface area (Å²) in [4.78, 5) is 10.7. The maximum Gasteiger partial charge on any atom is 0.302 e. The molecule has 0 radical (unpaired) electrons. The van der Waals surface area contributed by atoms with E-state index < -0.39 is 0 Å². The largest absolute Gasteiger partial charge is 0.466 e. The summed E-state index contributed by atoms with van der Waals surface area (Å²) in [7, 11) is 0. The van der Waals surface area contributed by atoms with E-state index in [0.29, 0.717) is 12.5 Å². The fourth-order valence-corrected chi connectivity index (χ4v) is 2.12. The second kappa shape index (κ2) is 4.16. The summed E-state index contributed by atoms with van der Waals surface area (Å²) in [5.41, 5.74) is 1.62. The number of hydrogen-bond acceptors (Lipinski definition) is 2. The van der Waals surface area contributed by atoms with E-state index in [0.717, 1.165) is 12.8 Å². The molecule has 2 nitrogen and oxygen atoms in total. The van der Waals surface area contributed by atoms with Gasteiger partial charge in [0.05, 0.1) is 6.61 Å². The quantitative estimate of drug-likeness (QED) is 0.501. The lowest BCUT2D eigenvalue weighted by Gasteiger charge is -2.35. The summed E-state index contributed by atoms with van der Waals surface area (Å²) < 4.78 is 5.08. The topological polar surface area (TPSA) is 26.3 Å². The van der Waals surface area contributed by atoms with Gasteiger partial charge in [0, 0.05) is 12.8 Å². The Morgan fingerprint density at radius 1 is 1.64 bits per heavy atom. The van der Waals surface area contributed by atoms with Crippen LogP contribution < -0.4 is 0 Å². The molecule has 0 amide bonds. The smallest absolute Gasteiger partial charge is 0.302 e. The Balaban J connectivity index is 2.58. The van der Waals surface area contributed by atoms with Crippen molar-refractivity contribution in [1.29, 1.82) is 0 Å². The Kier molecular flexibility index (Phi) is 3.35. The highest BCUT2D eigenvalue weighted by atomic mass is 16.5. The van der Waals surface area contributed by atoms with Crippen LogP contribution in [0.4, 0.5) is 0 Å². The summed E-state index contributed by atoms with van der Waals surface area (Å²) in [6.07, 6.45) is 4.57. The van der Waals surface area contributed by atoms with Crippen molar-refractivity contribution in [3.63, 3.8) is 0 Å². The Bertz CT molecular complexity index is 251. The molecule has 0 saturated heterocycles. The molecule has 0 aromatic heterocycles. The zero-order chi connectivity index (χ0) is 10.8. The van der Waals surface area contributed by atoms with Crippen LogP contribution in [-0.2, 0) is 9.53 Å². The molecular weight excluding hydrogens is 176 g/mol. The van der Waals surface area contributed by atoms with Crippen molar-refractivity contribution in [3.05, 3.63) is 11.6 Å². The van der Waals surface area contributed by atoms with E-state index in [-0.39, 0.29) is 11.4 Å². The van der Waals surface area contributed by atoms with E-state index >= 15 is 0 Å². The van der Waals surface area contributed by atoms with Gasteiger partial charge in [0.15, 0.2) is 0 Å². The molecule has 0 aromatic rings. The number of rotatable bonds is 2. The number of hydrogen-bond donors (Lipinski definition) is 0. The summed E-state index contributed by atoms with van der Waals surface area (Å²) in [5, 5.41) is 0. The first-order valence-electron chi connectivity index (χ1n) is 5.23. The molecule has 0 bridgehead atoms. The second-order valence-corrected chi connectivity index (χ2v) is 4.85. The first-order chi connectivity index (χ1) is 6.42. The van der Waals surface area contributed by atoms with E-state index in [1.807, 2.05) is 0 Å². The van der Waals surface area contributed by atoms with Crippen molar-refractivity contribution in [2.24, 2.45) is 11.3 Å². The summed E-state index contributed by atoms with van der Waals surface area (Å²) in [6, 6.07) is 0. The van der Waals surface area contributed by atoms with Crippen LogP contribution in [0, 0.1) is 11.3 Å². The van der Waals surface area contributed by atoms with E-state index in [2.05, 4.69) is 26.8 Å². The van der Waals surface area contributed by atoms with Gasteiger partial charge in [-0.1, -0.05) is 25.5 Å². The molecule has 1 aliphatic carbocycles. The summed E-state index contributed by atoms with van der Waals surface area (Å²) in [6.45, 7) is 8.63. The SMILES string of the molecule is CC(=O)OC[C@H]1CCC(C)=CC1(C)C. The lowest BCUT2D eigenvalue weighted by Crippen LogP contribution is -2.30. The van der Waals surface area contributed by atoms with Crippen LogP contribution in [0.5, 0.6) is 0 Å². The molecule has 0 saturated carbocycles. The third-order valence-corrected chi connectivity index (χ3v) is 3.05. The second-order valence-electron chi connectivity index (χ2n) is 4.85. The summed E-state index contributed by atoms with van der Waals surface area (Å²) in [5.74, 6) is 0.294. The van der Waals surface area contributed by atoms with Crippen molar-refractivity contribution in [3.8, 4) is 0 Å². The van der Waals surface area contributed by atoms with Crippen LogP contribution in [0.1, 0.15) is 40.5 Å². The van der Waals surface area contributed by atoms with Gasteiger partial charge in [0.2, 0.25) is 0 Å². The maximum absolute atomic E-state index is 10.7. The van der Waals surface area contributed by atoms with Crippen LogP contribution in [0.3, 0.4) is 0 Å². The molecule has 0 spiro atoms. The van der Waals surface area contributed by atoms with Gasteiger partial charge in [0.25, 0.3) is 0 Å². The van der Waals surface area contributed by atoms with Gasteiger partial charge in [-0.25, -0.2) is 0 Å². The van der Waals surface area contributed by atoms with Gasteiger partial charge in [-0.15, -0.1) is 0 Å². The van der Waals surface area contributed by atoms with E-state index in [4.69, 9.17) is 4.74 Å². The minimum Gasteiger partial charge on any atom is -0.466 e. The fourth-order valence-electron chi connectivity index (χ4n) is 2.12. The van der Waals surface area contributed by atoms with E-state index in [9.17, 15) is 4.79 Å². The predicted octanol–water partition coefficient (Wildman–Crippen LogP) is 2.93. The third-order valence-electron chi connectivity index (χ3n) is 3.05. The summed E-state index contributed by atoms with van der Waals surface area (Å²) >= 11 is 0. The van der Waals surface area contributed by atoms with Crippen molar-refractivity contribution >= 4 is 5.97 Å². The molecule has 1 aliphatic rings. The van der Waals surface area contributed by atoms with Crippen LogP contribution in [0.15, 0.2) is 11.6 Å². The van der Waals surface area contributed by atoms with E-state index in [1.54, 1.807) is 0 Å². The van der Waals surface area contributed by atoms with Gasteiger partial charge in [-0.05, 0) is 25.2 Å². The molecule has 1 atom stereocenters. The highest BCUT2D eigenvalue weighted by molar-refractivity contribution is 5.65. The molecular formula is C12H20O2. The Morgan fingerprint density at radius 2 is 2.29 bits per heavy atom. The Hall–Kier alpha value is -0.790. The molecule has 14 heavy (non-hydrogen) atoms. The molecule has 0 heterocycles. The molecule has 2 heteroatoms. The lowest BCUT2D eigenvalue weighted by atomic mass is 9.71. The van der Waals surface area contributed by atoms with E-state index in [1.165, 1.54) is 12.5 Å². The van der Waals surface area contributed by atoms with Crippen molar-refractivity contribution < 1.29 is 9.53 Å². The minimum absolute atomic E-state index is 0.164. The maximum atomic E-state index is 10.7. The Labute approximate surface area is 86.3 Å². The molecule has 0 aliphatic heterocycles. The highest BCUT2D eigenvalue weighted by Crippen LogP contribution is 2.38. The number of esters is 1. The zero-order valence-electron chi connectivity index (χ0n) is 9.59. The third kappa shape index (κ3) is 2.86. The van der Waals surface area contributed by atoms with Gasteiger partial charge in [-0.3, -0.25) is 4.79 Å². The Morgan fingerprint density at radius 3 is 2.79 bits per heavy atom. The average Bonchev–Trinajstić information content (AvgIpc) is 2.00. The average molecular weight is 196 g/mol. The number of carbonyl (C=O) groups excluding carboxylic acids is 1. The zero-order valence-corrected chi connectivity index (χ0v) is 9.59. The van der Waals surface area contributed by atoms with Crippen molar-refractivity contribution in [2.75, 3.05) is 6.61 Å². The van der Waals surface area contributed by atoms with Crippen molar-refractivity contribution in [1.82, 2.24) is 0 Å². The monoisotopic (exact) mass is 196 g/mol. The number of allylic oxidation sites excluding steroid dienone is 2. The van der Waals surface area contributed by atoms with Crippen LogP contribution in [0.2, 0.25) is 0 Å². The molecule has 80 valence electrons. The first-order valence-corrected chi connectivity index (χ1v) is 5.23. The van der Waals surface area contributed by atoms with Gasteiger partial charge >= 0.3 is 5.97 Å². The normalized spacial score (nSPS) is 25.4. The first kappa shape index (κ1) is 11.3. The van der Waals surface area contributed by atoms with Crippen LogP contribution in [0.25, 0.3) is 0 Å². The van der Waals surface area contributed by atoms with Crippen LogP contribution in [-0.4, -0.2) is 12.6 Å². The van der Waals surface area contributed by atoms with Gasteiger partial charge in [0.1, 0.15) is 0 Å². The molecule has 1 rings (SSSR count). The fraction of sp³-hybridized carbons (Fsp3) is 0.750. The van der Waals surface area contributed by atoms with Gasteiger partial charge < -0.3 is 4.74 Å². The predicted molar refractivity (Wildman–Crippen MR) is 56.9 cm³/mol. The molecule has 0 N–H and O–H groups in total. The molecule has 0 aromatic carbocycles. The lowest BCUT2D eigenvalue weighted by molar-refractivity contribution is -0.143.